The van der Waals surface area contributed by atoms with Gasteiger partial charge in [-0.2, -0.15) is 0 Å². The molecular formula is C7H15N5O. The average Bonchev–Trinajstić information content (AvgIpc) is 1.93. The molecule has 0 aromatic carbocycles. The molecule has 0 aromatic heterocycles. The molecule has 13 heavy (non-hydrogen) atoms. The summed E-state index contributed by atoms with van der Waals surface area (Å²) in [6.07, 6.45) is 0.393. The number of carbonyl (C=O) groups is 1. The maximum Gasteiger partial charge on any atom is 0.245 e. The largest absolute Gasteiger partial charge is 0.369 e. The second-order valence-corrected chi connectivity index (χ2v) is 3.71. The van der Waals surface area contributed by atoms with Crippen LogP contribution in [0.4, 0.5) is 0 Å². The second kappa shape index (κ2) is 3.21. The molecule has 0 aromatic rings. The predicted molar refractivity (Wildman–Crippen MR) is 49.4 cm³/mol. The zero-order valence-corrected chi connectivity index (χ0v) is 7.87. The highest BCUT2D eigenvalue weighted by Crippen LogP contribution is 2.15. The number of nitrogens with two attached hydrogens (primary N) is 2. The monoisotopic (exact) mass is 185 g/mol. The predicted octanol–water partition coefficient (Wildman–Crippen LogP) is -1.27. The van der Waals surface area contributed by atoms with E-state index in [1.54, 1.807) is 0 Å². The van der Waals surface area contributed by atoms with Gasteiger partial charge in [0.2, 0.25) is 11.9 Å². The van der Waals surface area contributed by atoms with E-state index in [4.69, 9.17) is 11.5 Å². The summed E-state index contributed by atoms with van der Waals surface area (Å²) in [7, 11) is 0. The Hall–Kier alpha value is -1.30. The van der Waals surface area contributed by atoms with Crippen molar-refractivity contribution in [3.8, 4) is 0 Å². The number of nitrogens with one attached hydrogen (secondary N) is 1. The number of rotatable bonds is 1. The van der Waals surface area contributed by atoms with E-state index in [9.17, 15) is 4.79 Å². The van der Waals surface area contributed by atoms with Gasteiger partial charge in [-0.25, -0.2) is 5.01 Å². The van der Waals surface area contributed by atoms with Gasteiger partial charge in [-0.05, 0) is 13.8 Å². The van der Waals surface area contributed by atoms with Gasteiger partial charge in [0, 0.05) is 12.0 Å². The summed E-state index contributed by atoms with van der Waals surface area (Å²) < 4.78 is 0. The van der Waals surface area contributed by atoms with E-state index >= 15 is 0 Å². The van der Waals surface area contributed by atoms with Crippen molar-refractivity contribution in [3.05, 3.63) is 0 Å². The summed E-state index contributed by atoms with van der Waals surface area (Å²) in [6.45, 7) is 4.26. The van der Waals surface area contributed by atoms with Crippen molar-refractivity contribution in [1.82, 2.24) is 10.3 Å². The molecule has 0 saturated carbocycles. The molecule has 74 valence electrons. The highest BCUT2D eigenvalue weighted by Gasteiger charge is 2.30. The molecule has 1 aliphatic heterocycles. The SMILES string of the molecule is CC1(C)CC(=O)N(N=C(N)N)CN1. The lowest BCUT2D eigenvalue weighted by atomic mass is 9.99. The van der Waals surface area contributed by atoms with Crippen LogP contribution in [0, 0.1) is 0 Å². The number of amides is 1. The van der Waals surface area contributed by atoms with Crippen LogP contribution in [-0.2, 0) is 4.79 Å². The fraction of sp³-hybridized carbons (Fsp3) is 0.714. The minimum Gasteiger partial charge on any atom is -0.369 e. The molecule has 1 fully saturated rings. The smallest absolute Gasteiger partial charge is 0.245 e. The topological polar surface area (TPSA) is 96.7 Å². The first-order chi connectivity index (χ1) is 5.91. The van der Waals surface area contributed by atoms with Crippen LogP contribution in [0.3, 0.4) is 0 Å². The first kappa shape index (κ1) is 9.79. The summed E-state index contributed by atoms with van der Waals surface area (Å²) in [5.74, 6) is -0.174. The van der Waals surface area contributed by atoms with Crippen LogP contribution in [0.25, 0.3) is 0 Å². The Kier molecular flexibility index (Phi) is 2.42. The lowest BCUT2D eigenvalue weighted by Gasteiger charge is -2.34. The molecule has 6 heteroatoms. The average molecular weight is 185 g/mol. The molecule has 0 aliphatic carbocycles. The number of hydrogen-bond donors (Lipinski definition) is 3. The molecule has 0 atom stereocenters. The third-order valence-corrected chi connectivity index (χ3v) is 1.82. The van der Waals surface area contributed by atoms with Crippen LogP contribution >= 0.6 is 0 Å². The quantitative estimate of drug-likeness (QED) is 0.350. The first-order valence-corrected chi connectivity index (χ1v) is 4.06. The van der Waals surface area contributed by atoms with Gasteiger partial charge in [-0.3, -0.25) is 10.1 Å². The van der Waals surface area contributed by atoms with Crippen LogP contribution in [-0.4, -0.2) is 29.1 Å². The minimum atomic E-state index is -0.174. The molecular weight excluding hydrogens is 170 g/mol. The van der Waals surface area contributed by atoms with E-state index in [1.807, 2.05) is 13.8 Å². The summed E-state index contributed by atoms with van der Waals surface area (Å²) in [6, 6.07) is 0. The number of carbonyl (C=O) groups excluding carboxylic acids is 1. The van der Waals surface area contributed by atoms with Crippen molar-refractivity contribution in [1.29, 1.82) is 0 Å². The van der Waals surface area contributed by atoms with Crippen molar-refractivity contribution in [2.45, 2.75) is 25.8 Å². The van der Waals surface area contributed by atoms with Gasteiger partial charge < -0.3 is 11.5 Å². The normalized spacial score (nSPS) is 21.4. The third-order valence-electron chi connectivity index (χ3n) is 1.82. The zero-order chi connectivity index (χ0) is 10.1. The second-order valence-electron chi connectivity index (χ2n) is 3.71. The van der Waals surface area contributed by atoms with Gasteiger partial charge in [0.25, 0.3) is 0 Å². The molecule has 5 N–H and O–H groups in total. The van der Waals surface area contributed by atoms with Crippen molar-refractivity contribution in [2.75, 3.05) is 6.67 Å². The molecule has 0 unspecified atom stereocenters. The lowest BCUT2D eigenvalue weighted by Crippen LogP contribution is -2.55. The first-order valence-electron chi connectivity index (χ1n) is 4.06. The van der Waals surface area contributed by atoms with Gasteiger partial charge >= 0.3 is 0 Å². The summed E-state index contributed by atoms with van der Waals surface area (Å²) in [5.41, 5.74) is 10.1. The molecule has 0 bridgehead atoms. The van der Waals surface area contributed by atoms with Crippen LogP contribution in [0.1, 0.15) is 20.3 Å². The maximum atomic E-state index is 11.4. The van der Waals surface area contributed by atoms with Crippen LogP contribution < -0.4 is 16.8 Å². The van der Waals surface area contributed by atoms with E-state index in [2.05, 4.69) is 10.4 Å². The Morgan fingerprint density at radius 3 is 2.69 bits per heavy atom. The Balaban J connectivity index is 2.65. The molecule has 1 amide bonds. The Bertz CT molecular complexity index is 243. The Labute approximate surface area is 76.9 Å². The van der Waals surface area contributed by atoms with Crippen molar-refractivity contribution in [2.24, 2.45) is 16.6 Å². The van der Waals surface area contributed by atoms with E-state index in [1.165, 1.54) is 5.01 Å². The van der Waals surface area contributed by atoms with Gasteiger partial charge in [-0.15, -0.1) is 5.10 Å². The molecule has 1 aliphatic rings. The summed E-state index contributed by atoms with van der Waals surface area (Å²) in [5, 5.41) is 8.04. The standard InChI is InChI=1S/C7H15N5O/c1-7(2)3-5(13)12(4-10-7)11-6(8)9/h10H,3-4H2,1-2H3,(H4,8,9,11). The van der Waals surface area contributed by atoms with Gasteiger partial charge in [0.05, 0.1) is 6.67 Å². The summed E-state index contributed by atoms with van der Waals surface area (Å²) >= 11 is 0. The van der Waals surface area contributed by atoms with E-state index in [0.717, 1.165) is 0 Å². The molecule has 0 radical (unpaired) electrons. The number of hydrazone groups is 1. The van der Waals surface area contributed by atoms with E-state index in [0.29, 0.717) is 13.1 Å². The molecule has 6 nitrogen and oxygen atoms in total. The maximum absolute atomic E-state index is 11.4. The highest BCUT2D eigenvalue weighted by atomic mass is 16.2. The van der Waals surface area contributed by atoms with Crippen LogP contribution in [0.5, 0.6) is 0 Å². The van der Waals surface area contributed by atoms with Gasteiger partial charge in [-0.1, -0.05) is 0 Å². The van der Waals surface area contributed by atoms with Crippen LogP contribution in [0.2, 0.25) is 0 Å². The molecule has 1 rings (SSSR count). The summed E-state index contributed by atoms with van der Waals surface area (Å²) in [4.78, 5) is 11.4. The number of hydrogen-bond acceptors (Lipinski definition) is 3. The van der Waals surface area contributed by atoms with Crippen molar-refractivity contribution in [3.63, 3.8) is 0 Å². The molecule has 0 spiro atoms. The van der Waals surface area contributed by atoms with Gasteiger partial charge in [0.15, 0.2) is 0 Å². The van der Waals surface area contributed by atoms with E-state index < -0.39 is 0 Å². The van der Waals surface area contributed by atoms with Crippen molar-refractivity contribution < 1.29 is 4.79 Å². The number of guanidine groups is 1. The Morgan fingerprint density at radius 2 is 2.23 bits per heavy atom. The van der Waals surface area contributed by atoms with Crippen LogP contribution in [0.15, 0.2) is 5.10 Å². The lowest BCUT2D eigenvalue weighted by molar-refractivity contribution is -0.136. The highest BCUT2D eigenvalue weighted by molar-refractivity contribution is 5.81. The van der Waals surface area contributed by atoms with E-state index in [-0.39, 0.29) is 17.4 Å². The molecule has 1 heterocycles. The van der Waals surface area contributed by atoms with Gasteiger partial charge in [0.1, 0.15) is 0 Å². The fourth-order valence-corrected chi connectivity index (χ4v) is 1.14. The minimum absolute atomic E-state index is 0.0721. The fourth-order valence-electron chi connectivity index (χ4n) is 1.14. The third kappa shape index (κ3) is 2.59. The number of nitrogens with zero attached hydrogens (tertiary/aromatic N) is 2. The molecule has 1 saturated heterocycles. The Morgan fingerprint density at radius 1 is 1.62 bits per heavy atom. The van der Waals surface area contributed by atoms with Crippen molar-refractivity contribution >= 4 is 11.9 Å². The zero-order valence-electron chi connectivity index (χ0n) is 7.87.